The predicted molar refractivity (Wildman–Crippen MR) is 97.4 cm³/mol. The zero-order chi connectivity index (χ0) is 17.3. The molecular weight excluding hydrogens is 316 g/mol. The van der Waals surface area contributed by atoms with Crippen LogP contribution in [0.1, 0.15) is 18.4 Å². The highest BCUT2D eigenvalue weighted by Gasteiger charge is 2.41. The topological polar surface area (TPSA) is 50.7 Å². The van der Waals surface area contributed by atoms with Crippen LogP contribution in [0.3, 0.4) is 0 Å². The van der Waals surface area contributed by atoms with Crippen LogP contribution < -0.4 is 14.5 Å². The number of methoxy groups -OCH3 is 1. The van der Waals surface area contributed by atoms with Crippen molar-refractivity contribution in [1.82, 2.24) is 9.97 Å². The van der Waals surface area contributed by atoms with Gasteiger partial charge in [0.1, 0.15) is 12.1 Å². The van der Waals surface area contributed by atoms with Crippen LogP contribution in [0.15, 0.2) is 36.7 Å². The van der Waals surface area contributed by atoms with Crippen LogP contribution in [0.25, 0.3) is 0 Å². The molecular formula is C19H24N4O2. The van der Waals surface area contributed by atoms with Crippen LogP contribution in [-0.2, 0) is 10.3 Å². The first-order valence-corrected chi connectivity index (χ1v) is 8.77. The van der Waals surface area contributed by atoms with E-state index in [-0.39, 0.29) is 5.60 Å². The summed E-state index contributed by atoms with van der Waals surface area (Å²) in [5.74, 6) is 1.52. The van der Waals surface area contributed by atoms with Gasteiger partial charge in [-0.3, -0.25) is 0 Å². The first kappa shape index (κ1) is 16.1. The second kappa shape index (κ2) is 6.52. The van der Waals surface area contributed by atoms with E-state index in [0.29, 0.717) is 5.88 Å². The van der Waals surface area contributed by atoms with E-state index in [2.05, 4.69) is 51.1 Å². The van der Waals surface area contributed by atoms with Gasteiger partial charge in [0.05, 0.1) is 19.3 Å². The maximum Gasteiger partial charge on any atom is 0.218 e. The van der Waals surface area contributed by atoms with Crippen molar-refractivity contribution in [1.29, 1.82) is 0 Å². The van der Waals surface area contributed by atoms with Gasteiger partial charge in [0.25, 0.3) is 0 Å². The molecule has 25 heavy (non-hydrogen) atoms. The molecule has 4 rings (SSSR count). The Hall–Kier alpha value is -2.34. The molecule has 0 amide bonds. The van der Waals surface area contributed by atoms with Gasteiger partial charge in [-0.25, -0.2) is 9.97 Å². The van der Waals surface area contributed by atoms with Gasteiger partial charge >= 0.3 is 0 Å². The third-order valence-corrected chi connectivity index (χ3v) is 5.34. The summed E-state index contributed by atoms with van der Waals surface area (Å²) < 4.78 is 11.7. The molecule has 0 unspecified atom stereocenters. The van der Waals surface area contributed by atoms with Crippen LogP contribution in [0.2, 0.25) is 0 Å². The average molecular weight is 340 g/mol. The van der Waals surface area contributed by atoms with Crippen LogP contribution in [0.4, 0.5) is 11.5 Å². The lowest BCUT2D eigenvalue weighted by Crippen LogP contribution is -2.44. The number of para-hydroxylation sites is 1. The molecule has 1 aromatic heterocycles. The number of anilines is 2. The fraction of sp³-hybridized carbons (Fsp3) is 0.474. The van der Waals surface area contributed by atoms with E-state index in [4.69, 9.17) is 9.47 Å². The lowest BCUT2D eigenvalue weighted by molar-refractivity contribution is -0.0604. The Morgan fingerprint density at radius 1 is 1.12 bits per heavy atom. The van der Waals surface area contributed by atoms with Gasteiger partial charge in [-0.2, -0.15) is 0 Å². The second-order valence-electron chi connectivity index (χ2n) is 6.69. The number of hydrogen-bond donors (Lipinski definition) is 0. The lowest BCUT2D eigenvalue weighted by atomic mass is 9.83. The third-order valence-electron chi connectivity index (χ3n) is 5.34. The Morgan fingerprint density at radius 3 is 2.72 bits per heavy atom. The molecule has 0 N–H and O–H groups in total. The minimum absolute atomic E-state index is 0.199. The molecule has 1 saturated heterocycles. The summed E-state index contributed by atoms with van der Waals surface area (Å²) in [6, 6.07) is 10.5. The quantitative estimate of drug-likeness (QED) is 0.837. The molecule has 0 saturated carbocycles. The molecule has 6 heteroatoms. The Labute approximate surface area is 148 Å². The summed E-state index contributed by atoms with van der Waals surface area (Å²) in [7, 11) is 3.77. The normalized spacial score (nSPS) is 19.4. The van der Waals surface area contributed by atoms with Crippen molar-refractivity contribution in [3.63, 3.8) is 0 Å². The fourth-order valence-corrected chi connectivity index (χ4v) is 3.89. The number of aromatic nitrogens is 2. The summed E-state index contributed by atoms with van der Waals surface area (Å²) >= 11 is 0. The lowest BCUT2D eigenvalue weighted by Gasteiger charge is -2.42. The molecule has 1 spiro atoms. The van der Waals surface area contributed by atoms with E-state index in [1.807, 2.05) is 6.07 Å². The Balaban J connectivity index is 1.59. The predicted octanol–water partition coefficient (Wildman–Crippen LogP) is 2.45. The van der Waals surface area contributed by atoms with Crippen molar-refractivity contribution in [3.05, 3.63) is 42.2 Å². The van der Waals surface area contributed by atoms with Gasteiger partial charge in [0.15, 0.2) is 0 Å². The number of nitrogens with zero attached hydrogens (tertiary/aromatic N) is 4. The molecule has 0 atom stereocenters. The third kappa shape index (κ3) is 2.91. The average Bonchev–Trinajstić information content (AvgIpc) is 2.80. The number of rotatable bonds is 2. The zero-order valence-corrected chi connectivity index (χ0v) is 14.8. The van der Waals surface area contributed by atoms with E-state index in [1.54, 1.807) is 13.4 Å². The van der Waals surface area contributed by atoms with Gasteiger partial charge < -0.3 is 19.3 Å². The summed E-state index contributed by atoms with van der Waals surface area (Å²) in [5.41, 5.74) is 2.40. The first-order chi connectivity index (χ1) is 12.2. The maximum atomic E-state index is 6.43. The minimum atomic E-state index is -0.199. The van der Waals surface area contributed by atoms with Crippen molar-refractivity contribution in [2.24, 2.45) is 0 Å². The summed E-state index contributed by atoms with van der Waals surface area (Å²) in [5, 5.41) is 0. The van der Waals surface area contributed by atoms with Crippen LogP contribution in [-0.4, -0.2) is 50.4 Å². The number of hydrogen-bond acceptors (Lipinski definition) is 6. The Bertz CT molecular complexity index is 744. The molecule has 0 bridgehead atoms. The Kier molecular flexibility index (Phi) is 4.21. The van der Waals surface area contributed by atoms with Crippen molar-refractivity contribution in [3.8, 4) is 5.88 Å². The molecule has 6 nitrogen and oxygen atoms in total. The molecule has 0 radical (unpaired) electrons. The number of piperidine rings is 1. The van der Waals surface area contributed by atoms with E-state index in [9.17, 15) is 0 Å². The maximum absolute atomic E-state index is 6.43. The number of benzene rings is 1. The highest BCUT2D eigenvalue weighted by molar-refractivity contribution is 5.57. The number of fused-ring (bicyclic) bond motifs is 2. The summed E-state index contributed by atoms with van der Waals surface area (Å²) in [6.07, 6.45) is 3.46. The standard InChI is InChI=1S/C19H24N4O2/c1-22-11-12-25-19(15-5-3-4-6-16(15)22)7-9-23(10-8-19)17-13-18(24-2)21-14-20-17/h3-6,13-14H,7-12H2,1-2H3. The van der Waals surface area contributed by atoms with E-state index >= 15 is 0 Å². The molecule has 2 aliphatic rings. The molecule has 2 aromatic rings. The SMILES string of the molecule is COc1cc(N2CCC3(CC2)OCCN(C)c2ccccc23)ncn1. The molecule has 1 aromatic carbocycles. The van der Waals surface area contributed by atoms with Crippen molar-refractivity contribution < 1.29 is 9.47 Å². The van der Waals surface area contributed by atoms with E-state index < -0.39 is 0 Å². The molecule has 2 aliphatic heterocycles. The van der Waals surface area contributed by atoms with Crippen molar-refractivity contribution in [2.45, 2.75) is 18.4 Å². The van der Waals surface area contributed by atoms with Gasteiger partial charge in [0.2, 0.25) is 5.88 Å². The summed E-state index contributed by atoms with van der Waals surface area (Å²) in [6.45, 7) is 3.48. The monoisotopic (exact) mass is 340 g/mol. The van der Waals surface area contributed by atoms with Crippen molar-refractivity contribution >= 4 is 11.5 Å². The van der Waals surface area contributed by atoms with Gasteiger partial charge in [0, 0.05) is 44.0 Å². The minimum Gasteiger partial charge on any atom is -0.481 e. The fourth-order valence-electron chi connectivity index (χ4n) is 3.89. The highest BCUT2D eigenvalue weighted by Crippen LogP contribution is 2.43. The van der Waals surface area contributed by atoms with E-state index in [1.165, 1.54) is 11.3 Å². The molecule has 0 aliphatic carbocycles. The van der Waals surface area contributed by atoms with E-state index in [0.717, 1.165) is 44.9 Å². The largest absolute Gasteiger partial charge is 0.481 e. The number of likely N-dealkylation sites (N-methyl/N-ethyl adjacent to an activating group) is 1. The van der Waals surface area contributed by atoms with Crippen LogP contribution in [0, 0.1) is 0 Å². The number of ether oxygens (including phenoxy) is 2. The second-order valence-corrected chi connectivity index (χ2v) is 6.69. The molecule has 132 valence electrons. The zero-order valence-electron chi connectivity index (χ0n) is 14.8. The van der Waals surface area contributed by atoms with Crippen molar-refractivity contribution in [2.75, 3.05) is 50.2 Å². The molecule has 1 fully saturated rings. The van der Waals surface area contributed by atoms with Gasteiger partial charge in [-0.15, -0.1) is 0 Å². The summed E-state index contributed by atoms with van der Waals surface area (Å²) in [4.78, 5) is 13.1. The molecule has 3 heterocycles. The first-order valence-electron chi connectivity index (χ1n) is 8.77. The Morgan fingerprint density at radius 2 is 1.92 bits per heavy atom. The van der Waals surface area contributed by atoms with Gasteiger partial charge in [-0.1, -0.05) is 18.2 Å². The van der Waals surface area contributed by atoms with Gasteiger partial charge in [-0.05, 0) is 18.9 Å². The van der Waals surface area contributed by atoms with Crippen LogP contribution in [0.5, 0.6) is 5.88 Å². The van der Waals surface area contributed by atoms with Crippen LogP contribution >= 0.6 is 0 Å². The highest BCUT2D eigenvalue weighted by atomic mass is 16.5. The smallest absolute Gasteiger partial charge is 0.218 e.